The molecule has 0 amide bonds. The number of aliphatic hydroxyl groups is 1. The van der Waals surface area contributed by atoms with E-state index in [1.807, 2.05) is 12.1 Å². The molecular weight excluding hydrogens is 436 g/mol. The molecule has 0 aliphatic carbocycles. The molecular formula is C24H24N6O4. The molecule has 0 spiro atoms. The lowest BCUT2D eigenvalue weighted by Gasteiger charge is -2.12. The highest BCUT2D eigenvalue weighted by Crippen LogP contribution is 2.27. The first-order chi connectivity index (χ1) is 16.5. The second kappa shape index (κ2) is 9.64. The summed E-state index contributed by atoms with van der Waals surface area (Å²) in [6, 6.07) is 16.0. The molecule has 4 rings (SSSR count). The second-order valence-electron chi connectivity index (χ2n) is 7.67. The van der Waals surface area contributed by atoms with Crippen molar-refractivity contribution in [1.82, 2.24) is 18.7 Å². The molecule has 34 heavy (non-hydrogen) atoms. The molecule has 10 heteroatoms. The maximum absolute atomic E-state index is 13.5. The van der Waals surface area contributed by atoms with Crippen LogP contribution in [-0.4, -0.2) is 30.4 Å². The van der Waals surface area contributed by atoms with Gasteiger partial charge in [-0.3, -0.25) is 18.5 Å². The van der Waals surface area contributed by atoms with Gasteiger partial charge in [0.2, 0.25) is 0 Å². The fraction of sp³-hybridized carbons (Fsp3) is 0.250. The number of nitriles is 1. The summed E-state index contributed by atoms with van der Waals surface area (Å²) in [6.07, 6.45) is 0.259. The Balaban J connectivity index is 1.98. The minimum atomic E-state index is -0.524. The Kier molecular flexibility index (Phi) is 6.47. The van der Waals surface area contributed by atoms with Crippen molar-refractivity contribution < 1.29 is 9.84 Å². The van der Waals surface area contributed by atoms with Gasteiger partial charge in [0.15, 0.2) is 11.2 Å². The van der Waals surface area contributed by atoms with Gasteiger partial charge in [0, 0.05) is 25.4 Å². The Labute approximate surface area is 194 Å². The van der Waals surface area contributed by atoms with Crippen LogP contribution in [0.15, 0.2) is 58.1 Å². The molecule has 0 saturated carbocycles. The largest absolute Gasteiger partial charge is 0.424 e. The van der Waals surface area contributed by atoms with E-state index in [-0.39, 0.29) is 55.6 Å². The number of hydrogen-bond acceptors (Lipinski definition) is 7. The van der Waals surface area contributed by atoms with Gasteiger partial charge in [-0.05, 0) is 43.2 Å². The van der Waals surface area contributed by atoms with Crippen LogP contribution in [0.4, 0.5) is 5.69 Å². The monoisotopic (exact) mass is 460 g/mol. The third-order valence-corrected chi connectivity index (χ3v) is 5.46. The van der Waals surface area contributed by atoms with E-state index in [4.69, 9.17) is 10.5 Å². The zero-order valence-corrected chi connectivity index (χ0v) is 18.6. The summed E-state index contributed by atoms with van der Waals surface area (Å²) >= 11 is 0. The minimum Gasteiger partial charge on any atom is -0.424 e. The van der Waals surface area contributed by atoms with Crippen molar-refractivity contribution in [2.24, 2.45) is 0 Å². The van der Waals surface area contributed by atoms with Crippen LogP contribution in [0.2, 0.25) is 0 Å². The van der Waals surface area contributed by atoms with Gasteiger partial charge in [0.25, 0.3) is 5.56 Å². The minimum absolute atomic E-state index is 0.0740. The zero-order chi connectivity index (χ0) is 24.2. The Morgan fingerprint density at radius 1 is 1.09 bits per heavy atom. The smallest absolute Gasteiger partial charge is 0.332 e. The van der Waals surface area contributed by atoms with Crippen molar-refractivity contribution in [1.29, 1.82) is 5.26 Å². The van der Waals surface area contributed by atoms with Gasteiger partial charge in [-0.1, -0.05) is 24.3 Å². The van der Waals surface area contributed by atoms with Crippen LogP contribution >= 0.6 is 0 Å². The molecule has 174 valence electrons. The molecule has 0 aliphatic heterocycles. The molecule has 2 aromatic heterocycles. The summed E-state index contributed by atoms with van der Waals surface area (Å²) in [7, 11) is 0. The quantitative estimate of drug-likeness (QED) is 0.383. The van der Waals surface area contributed by atoms with E-state index in [1.54, 1.807) is 47.9 Å². The zero-order valence-electron chi connectivity index (χ0n) is 18.6. The molecule has 2 aromatic carbocycles. The van der Waals surface area contributed by atoms with Crippen LogP contribution in [0.5, 0.6) is 11.8 Å². The van der Waals surface area contributed by atoms with E-state index < -0.39 is 11.2 Å². The predicted molar refractivity (Wildman–Crippen MR) is 127 cm³/mol. The maximum atomic E-state index is 13.5. The van der Waals surface area contributed by atoms with Crippen molar-refractivity contribution in [2.45, 2.75) is 33.0 Å². The van der Waals surface area contributed by atoms with E-state index in [2.05, 4.69) is 11.1 Å². The Morgan fingerprint density at radius 3 is 2.50 bits per heavy atom. The summed E-state index contributed by atoms with van der Waals surface area (Å²) in [5, 5.41) is 18.7. The Hall–Kier alpha value is -4.36. The third kappa shape index (κ3) is 4.16. The number of hydrogen-bond donors (Lipinski definition) is 2. The highest BCUT2D eigenvalue weighted by Gasteiger charge is 2.23. The molecule has 0 unspecified atom stereocenters. The van der Waals surface area contributed by atoms with E-state index in [1.165, 1.54) is 4.57 Å². The molecule has 0 fully saturated rings. The SMILES string of the molecule is CCn1c(=O)n(CCCO)c(=O)c2c1nc(Oc1ccccc1C#N)n2Cc1ccc(N)cc1. The van der Waals surface area contributed by atoms with E-state index in [0.717, 1.165) is 10.1 Å². The lowest BCUT2D eigenvalue weighted by molar-refractivity contribution is 0.277. The number of nitrogens with zero attached hydrogens (tertiary/aromatic N) is 5. The van der Waals surface area contributed by atoms with Crippen molar-refractivity contribution in [3.8, 4) is 17.8 Å². The summed E-state index contributed by atoms with van der Waals surface area (Å²) < 4.78 is 10.1. The number of aryl methyl sites for hydroxylation is 1. The van der Waals surface area contributed by atoms with Crippen LogP contribution in [0.3, 0.4) is 0 Å². The van der Waals surface area contributed by atoms with Crippen molar-refractivity contribution in [2.75, 3.05) is 12.3 Å². The number of fused-ring (bicyclic) bond motifs is 1. The van der Waals surface area contributed by atoms with Gasteiger partial charge in [-0.2, -0.15) is 10.2 Å². The topological polar surface area (TPSA) is 141 Å². The molecule has 4 aromatic rings. The second-order valence-corrected chi connectivity index (χ2v) is 7.67. The molecule has 0 atom stereocenters. The van der Waals surface area contributed by atoms with Crippen LogP contribution < -0.4 is 21.7 Å². The van der Waals surface area contributed by atoms with Crippen LogP contribution in [0, 0.1) is 11.3 Å². The molecule has 0 radical (unpaired) electrons. The lowest BCUT2D eigenvalue weighted by atomic mass is 10.2. The molecule has 0 bridgehead atoms. The maximum Gasteiger partial charge on any atom is 0.332 e. The van der Waals surface area contributed by atoms with Gasteiger partial charge in [0.1, 0.15) is 11.8 Å². The average Bonchev–Trinajstić information content (AvgIpc) is 3.18. The highest BCUT2D eigenvalue weighted by atomic mass is 16.5. The number of imidazole rings is 1. The number of para-hydroxylation sites is 1. The molecule has 0 saturated heterocycles. The summed E-state index contributed by atoms with van der Waals surface area (Å²) in [5.41, 5.74) is 6.92. The summed E-state index contributed by atoms with van der Waals surface area (Å²) in [6.45, 7) is 2.21. The van der Waals surface area contributed by atoms with Crippen LogP contribution in [-0.2, 0) is 19.6 Å². The molecule has 3 N–H and O–H groups in total. The van der Waals surface area contributed by atoms with E-state index in [9.17, 15) is 20.0 Å². The van der Waals surface area contributed by atoms with Gasteiger partial charge in [-0.25, -0.2) is 4.79 Å². The number of aromatic nitrogens is 4. The van der Waals surface area contributed by atoms with Crippen molar-refractivity contribution in [3.63, 3.8) is 0 Å². The first-order valence-electron chi connectivity index (χ1n) is 10.8. The first-order valence-corrected chi connectivity index (χ1v) is 10.8. The standard InChI is InChI=1S/C24H24N6O4/c1-2-28-21-20(22(32)29(24(28)33)12-5-13-31)30(15-16-8-10-18(26)11-9-16)23(27-21)34-19-7-4-3-6-17(19)14-25/h3-4,6-11,31H,2,5,12-13,15,26H2,1H3. The van der Waals surface area contributed by atoms with Crippen molar-refractivity contribution >= 4 is 16.9 Å². The van der Waals surface area contributed by atoms with Gasteiger partial charge in [0.05, 0.1) is 12.1 Å². The number of benzene rings is 2. The third-order valence-electron chi connectivity index (χ3n) is 5.46. The fourth-order valence-corrected chi connectivity index (χ4v) is 3.76. The van der Waals surface area contributed by atoms with Crippen molar-refractivity contribution in [3.05, 3.63) is 80.5 Å². The molecule has 10 nitrogen and oxygen atoms in total. The van der Waals surface area contributed by atoms with Gasteiger partial charge < -0.3 is 15.6 Å². The van der Waals surface area contributed by atoms with E-state index >= 15 is 0 Å². The number of ether oxygens (including phenoxy) is 1. The lowest BCUT2D eigenvalue weighted by Crippen LogP contribution is -2.40. The van der Waals surface area contributed by atoms with Gasteiger partial charge >= 0.3 is 11.7 Å². The number of aliphatic hydroxyl groups excluding tert-OH is 1. The number of rotatable bonds is 8. The highest BCUT2D eigenvalue weighted by molar-refractivity contribution is 5.72. The predicted octanol–water partition coefficient (Wildman–Crippen LogP) is 2.06. The molecule has 0 aliphatic rings. The first kappa shape index (κ1) is 22.8. The fourth-order valence-electron chi connectivity index (χ4n) is 3.76. The van der Waals surface area contributed by atoms with Crippen LogP contribution in [0.1, 0.15) is 24.5 Å². The number of nitrogen functional groups attached to an aromatic ring is 1. The normalized spacial score (nSPS) is 11.0. The average molecular weight is 460 g/mol. The number of nitrogens with two attached hydrogens (primary N) is 1. The van der Waals surface area contributed by atoms with Gasteiger partial charge in [-0.15, -0.1) is 0 Å². The Bertz CT molecular complexity index is 1490. The Morgan fingerprint density at radius 2 is 1.82 bits per heavy atom. The molecule has 2 heterocycles. The summed E-state index contributed by atoms with van der Waals surface area (Å²) in [4.78, 5) is 31.0. The van der Waals surface area contributed by atoms with E-state index in [0.29, 0.717) is 11.3 Å². The van der Waals surface area contributed by atoms with Crippen LogP contribution in [0.25, 0.3) is 11.2 Å². The number of anilines is 1. The summed E-state index contributed by atoms with van der Waals surface area (Å²) in [5.74, 6) is 0.282.